The van der Waals surface area contributed by atoms with E-state index in [9.17, 15) is 4.79 Å². The van der Waals surface area contributed by atoms with Crippen LogP contribution in [0.5, 0.6) is 0 Å². The summed E-state index contributed by atoms with van der Waals surface area (Å²) >= 11 is 1.51. The van der Waals surface area contributed by atoms with Gasteiger partial charge in [-0.25, -0.2) is 9.97 Å². The first-order chi connectivity index (χ1) is 12.4. The Morgan fingerprint density at radius 3 is 2.19 bits per heavy atom. The summed E-state index contributed by atoms with van der Waals surface area (Å²) in [6, 6.07) is 15.6. The normalized spacial score (nSPS) is 10.6. The molecule has 5 heteroatoms. The van der Waals surface area contributed by atoms with E-state index in [4.69, 9.17) is 0 Å². The first-order valence-electron chi connectivity index (χ1n) is 8.39. The monoisotopic (exact) mass is 363 g/mol. The Labute approximate surface area is 158 Å². The molecule has 3 aromatic rings. The molecule has 0 fully saturated rings. The van der Waals surface area contributed by atoms with Crippen molar-refractivity contribution in [2.24, 2.45) is 0 Å². The van der Waals surface area contributed by atoms with Crippen molar-refractivity contribution in [3.63, 3.8) is 0 Å². The molecule has 0 aliphatic carbocycles. The smallest absolute Gasteiger partial charge is 0.255 e. The van der Waals surface area contributed by atoms with Crippen LogP contribution in [0.3, 0.4) is 0 Å². The van der Waals surface area contributed by atoms with E-state index in [2.05, 4.69) is 15.3 Å². The quantitative estimate of drug-likeness (QED) is 0.654. The topological polar surface area (TPSA) is 54.9 Å². The molecule has 4 nitrogen and oxygen atoms in total. The van der Waals surface area contributed by atoms with Gasteiger partial charge in [0, 0.05) is 27.5 Å². The molecule has 0 unspecified atom stereocenters. The fourth-order valence-electron chi connectivity index (χ4n) is 2.63. The van der Waals surface area contributed by atoms with Crippen molar-refractivity contribution in [1.29, 1.82) is 0 Å². The van der Waals surface area contributed by atoms with Crippen LogP contribution in [-0.4, -0.2) is 15.9 Å². The van der Waals surface area contributed by atoms with E-state index in [1.807, 2.05) is 76.2 Å². The van der Waals surface area contributed by atoms with E-state index in [1.54, 1.807) is 0 Å². The number of anilines is 1. The van der Waals surface area contributed by atoms with Gasteiger partial charge in [-0.05, 0) is 81.4 Å². The summed E-state index contributed by atoms with van der Waals surface area (Å²) in [5.41, 5.74) is 5.41. The Hall–Kier alpha value is -2.66. The highest BCUT2D eigenvalue weighted by molar-refractivity contribution is 7.99. The molecule has 0 spiro atoms. The van der Waals surface area contributed by atoms with Crippen molar-refractivity contribution < 1.29 is 4.79 Å². The molecule has 0 bridgehead atoms. The average Bonchev–Trinajstić information content (AvgIpc) is 2.58. The van der Waals surface area contributed by atoms with Crippen LogP contribution in [0.15, 0.2) is 58.6 Å². The van der Waals surface area contributed by atoms with E-state index >= 15 is 0 Å². The second-order valence-corrected chi connectivity index (χ2v) is 7.37. The van der Waals surface area contributed by atoms with E-state index in [-0.39, 0.29) is 5.91 Å². The number of aryl methyl sites for hydroxylation is 4. The van der Waals surface area contributed by atoms with Crippen molar-refractivity contribution in [3.8, 4) is 0 Å². The second-order valence-electron chi connectivity index (χ2n) is 6.33. The third-order valence-corrected chi connectivity index (χ3v) is 4.79. The Morgan fingerprint density at radius 1 is 0.885 bits per heavy atom. The zero-order valence-electron chi connectivity index (χ0n) is 15.3. The summed E-state index contributed by atoms with van der Waals surface area (Å²) in [5.74, 6) is -0.0933. The van der Waals surface area contributed by atoms with E-state index < -0.39 is 0 Å². The number of aromatic nitrogens is 2. The van der Waals surface area contributed by atoms with Gasteiger partial charge in [0.2, 0.25) is 0 Å². The highest BCUT2D eigenvalue weighted by Crippen LogP contribution is 2.26. The molecule has 1 heterocycles. The van der Waals surface area contributed by atoms with Crippen LogP contribution in [-0.2, 0) is 0 Å². The zero-order valence-corrected chi connectivity index (χ0v) is 16.1. The lowest BCUT2D eigenvalue weighted by Crippen LogP contribution is -2.13. The maximum atomic E-state index is 12.5. The molecule has 0 radical (unpaired) electrons. The Kier molecular flexibility index (Phi) is 5.38. The van der Waals surface area contributed by atoms with Crippen molar-refractivity contribution in [1.82, 2.24) is 9.97 Å². The number of nitrogens with zero attached hydrogens (tertiary/aromatic N) is 2. The largest absolute Gasteiger partial charge is 0.322 e. The third-order valence-electron chi connectivity index (χ3n) is 3.92. The number of nitrogens with one attached hydrogen (secondary N) is 1. The molecule has 2 aromatic carbocycles. The number of rotatable bonds is 4. The van der Waals surface area contributed by atoms with Crippen LogP contribution < -0.4 is 5.32 Å². The van der Waals surface area contributed by atoms with E-state index in [1.165, 1.54) is 11.8 Å². The summed E-state index contributed by atoms with van der Waals surface area (Å²) in [6.45, 7) is 7.85. The number of hydrogen-bond acceptors (Lipinski definition) is 4. The number of hydrogen-bond donors (Lipinski definition) is 1. The molecule has 132 valence electrons. The predicted molar refractivity (Wildman–Crippen MR) is 106 cm³/mol. The highest BCUT2D eigenvalue weighted by atomic mass is 32.2. The van der Waals surface area contributed by atoms with Crippen LogP contribution in [0.1, 0.15) is 32.9 Å². The lowest BCUT2D eigenvalue weighted by atomic mass is 10.1. The summed E-state index contributed by atoms with van der Waals surface area (Å²) in [7, 11) is 0. The summed E-state index contributed by atoms with van der Waals surface area (Å²) in [6.07, 6.45) is 0. The van der Waals surface area contributed by atoms with Crippen LogP contribution in [0.2, 0.25) is 0 Å². The molecule has 0 atom stereocenters. The Morgan fingerprint density at radius 2 is 1.54 bits per heavy atom. The molecule has 0 aliphatic heterocycles. The van der Waals surface area contributed by atoms with Gasteiger partial charge in [0.15, 0.2) is 5.16 Å². The van der Waals surface area contributed by atoms with Crippen molar-refractivity contribution >= 4 is 23.4 Å². The standard InChI is InChI=1S/C21H21N3OS/c1-13-5-6-14(2)19(11-13)20(25)24-17-7-9-18(10-8-17)26-21-22-15(3)12-16(4)23-21/h5-12H,1-4H3,(H,24,25). The van der Waals surface area contributed by atoms with Gasteiger partial charge < -0.3 is 5.32 Å². The maximum absolute atomic E-state index is 12.5. The zero-order chi connectivity index (χ0) is 18.7. The minimum Gasteiger partial charge on any atom is -0.322 e. The number of carbonyl (C=O) groups is 1. The van der Waals surface area contributed by atoms with Crippen LogP contribution in [0.25, 0.3) is 0 Å². The Bertz CT molecular complexity index is 932. The number of carbonyl (C=O) groups excluding carboxylic acids is 1. The van der Waals surface area contributed by atoms with Crippen LogP contribution in [0.4, 0.5) is 5.69 Å². The van der Waals surface area contributed by atoms with Gasteiger partial charge in [-0.1, -0.05) is 17.7 Å². The molecular weight excluding hydrogens is 342 g/mol. The summed E-state index contributed by atoms with van der Waals surface area (Å²) in [5, 5.41) is 3.69. The molecule has 0 saturated carbocycles. The van der Waals surface area contributed by atoms with Crippen molar-refractivity contribution in [3.05, 3.63) is 76.6 Å². The highest BCUT2D eigenvalue weighted by Gasteiger charge is 2.10. The van der Waals surface area contributed by atoms with Gasteiger partial charge in [0.1, 0.15) is 0 Å². The van der Waals surface area contributed by atoms with Crippen LogP contribution in [0, 0.1) is 27.7 Å². The lowest BCUT2D eigenvalue weighted by molar-refractivity contribution is 0.102. The minimum atomic E-state index is -0.0933. The molecule has 0 saturated heterocycles. The van der Waals surface area contributed by atoms with E-state index in [0.717, 1.165) is 38.3 Å². The SMILES string of the molecule is Cc1ccc(C)c(C(=O)Nc2ccc(Sc3nc(C)cc(C)n3)cc2)c1. The average molecular weight is 363 g/mol. The fraction of sp³-hybridized carbons (Fsp3) is 0.190. The molecular formula is C21H21N3OS. The van der Waals surface area contributed by atoms with Gasteiger partial charge in [-0.15, -0.1) is 0 Å². The molecule has 0 aliphatic rings. The molecule has 3 rings (SSSR count). The maximum Gasteiger partial charge on any atom is 0.255 e. The van der Waals surface area contributed by atoms with Gasteiger partial charge in [0.05, 0.1) is 0 Å². The van der Waals surface area contributed by atoms with Crippen molar-refractivity contribution in [2.45, 2.75) is 37.7 Å². The van der Waals surface area contributed by atoms with Gasteiger partial charge in [0.25, 0.3) is 5.91 Å². The van der Waals surface area contributed by atoms with Crippen LogP contribution >= 0.6 is 11.8 Å². The lowest BCUT2D eigenvalue weighted by Gasteiger charge is -2.09. The fourth-order valence-corrected chi connectivity index (χ4v) is 3.49. The summed E-state index contributed by atoms with van der Waals surface area (Å²) in [4.78, 5) is 22.4. The number of benzene rings is 2. The molecule has 1 aromatic heterocycles. The number of amides is 1. The third kappa shape index (κ3) is 4.49. The van der Waals surface area contributed by atoms with Gasteiger partial charge >= 0.3 is 0 Å². The summed E-state index contributed by atoms with van der Waals surface area (Å²) < 4.78 is 0. The van der Waals surface area contributed by atoms with Gasteiger partial charge in [-0.2, -0.15) is 0 Å². The molecule has 1 N–H and O–H groups in total. The molecule has 1 amide bonds. The first-order valence-corrected chi connectivity index (χ1v) is 9.21. The first kappa shape index (κ1) is 18.1. The van der Waals surface area contributed by atoms with Gasteiger partial charge in [-0.3, -0.25) is 4.79 Å². The van der Waals surface area contributed by atoms with E-state index in [0.29, 0.717) is 5.56 Å². The molecule has 26 heavy (non-hydrogen) atoms. The predicted octanol–water partition coefficient (Wildman–Crippen LogP) is 5.11. The minimum absolute atomic E-state index is 0.0933. The Balaban J connectivity index is 1.71. The second kappa shape index (κ2) is 7.70. The van der Waals surface area contributed by atoms with Crippen molar-refractivity contribution in [2.75, 3.05) is 5.32 Å².